The molecule has 0 unspecified atom stereocenters. The summed E-state index contributed by atoms with van der Waals surface area (Å²) >= 11 is 0. The normalized spacial score (nSPS) is 9.93. The summed E-state index contributed by atoms with van der Waals surface area (Å²) in [6, 6.07) is 0. The molecule has 0 bridgehead atoms. The van der Waals surface area contributed by atoms with Crippen molar-refractivity contribution in [2.45, 2.75) is 6.92 Å². The first-order chi connectivity index (χ1) is 6.27. The van der Waals surface area contributed by atoms with Crippen LogP contribution in [-0.2, 0) is 15.1 Å². The molecule has 0 atom stereocenters. The van der Waals surface area contributed by atoms with Gasteiger partial charge in [0.15, 0.2) is 5.96 Å². The monoisotopic (exact) mass is 229 g/mol. The molecule has 0 fully saturated rings. The third-order valence-electron chi connectivity index (χ3n) is 0.766. The van der Waals surface area contributed by atoms with Crippen molar-refractivity contribution >= 4 is 16.4 Å². The summed E-state index contributed by atoms with van der Waals surface area (Å²) in [5.41, 5.74) is 4.99. The van der Waals surface area contributed by atoms with Crippen molar-refractivity contribution in [1.82, 2.24) is 5.32 Å². The molecule has 0 amide bonds. The number of nitrogens with two attached hydrogens (primary N) is 1. The van der Waals surface area contributed by atoms with Gasteiger partial charge in [-0.05, 0) is 6.92 Å². The maximum Gasteiger partial charge on any atom is 0.394 e. The Morgan fingerprint density at radius 1 is 1.57 bits per heavy atom. The van der Waals surface area contributed by atoms with Gasteiger partial charge < -0.3 is 15.8 Å². The third-order valence-corrected chi connectivity index (χ3v) is 0.766. The maximum atomic E-state index is 8.74. The van der Waals surface area contributed by atoms with Crippen LogP contribution >= 0.6 is 0 Å². The highest BCUT2D eigenvalue weighted by Crippen LogP contribution is 1.68. The van der Waals surface area contributed by atoms with E-state index in [-0.39, 0.29) is 5.96 Å². The number of ether oxygens (including phenoxy) is 1. The molecule has 0 aromatic heterocycles. The predicted molar refractivity (Wildman–Crippen MR) is 50.6 cm³/mol. The summed E-state index contributed by atoms with van der Waals surface area (Å²) in [6.45, 7) is 3.85. The van der Waals surface area contributed by atoms with Crippen molar-refractivity contribution in [2.75, 3.05) is 19.8 Å². The fourth-order valence-electron chi connectivity index (χ4n) is 0.402. The van der Waals surface area contributed by atoms with Gasteiger partial charge in [0.2, 0.25) is 0 Å². The average Bonchev–Trinajstić information content (AvgIpc) is 1.94. The van der Waals surface area contributed by atoms with Crippen molar-refractivity contribution in [3.63, 3.8) is 0 Å². The van der Waals surface area contributed by atoms with Gasteiger partial charge in [-0.3, -0.25) is 14.5 Å². The summed E-state index contributed by atoms with van der Waals surface area (Å²) in [5, 5.41) is 9.36. The Morgan fingerprint density at radius 3 is 2.29 bits per heavy atom. The Bertz CT molecular complexity index is 232. The second-order valence-corrected chi connectivity index (χ2v) is 2.88. The molecular formula is C5H15N3O5S. The molecule has 0 spiro atoms. The number of hydrogen-bond acceptors (Lipinski definition) is 4. The van der Waals surface area contributed by atoms with E-state index in [9.17, 15) is 0 Å². The minimum absolute atomic E-state index is 0.00490. The molecule has 14 heavy (non-hydrogen) atoms. The molecule has 0 heterocycles. The standard InChI is InChI=1S/C5H13N3O.H2O4S/c1-2-9-4-3-8-5(6)7;1-5(2,3)4/h2-4H2,1H3,(H4,6,7,8);(H2,1,2,3,4). The van der Waals surface area contributed by atoms with Crippen LogP contribution in [0.25, 0.3) is 0 Å². The van der Waals surface area contributed by atoms with E-state index >= 15 is 0 Å². The molecule has 0 saturated heterocycles. The Kier molecular flexibility index (Phi) is 9.66. The van der Waals surface area contributed by atoms with Crippen molar-refractivity contribution in [1.29, 1.82) is 5.41 Å². The van der Waals surface area contributed by atoms with Crippen LogP contribution in [0.5, 0.6) is 0 Å². The summed E-state index contributed by atoms with van der Waals surface area (Å²) in [7, 11) is -4.67. The molecule has 0 aromatic carbocycles. The molecule has 0 aliphatic carbocycles. The van der Waals surface area contributed by atoms with Crippen LogP contribution in [0.2, 0.25) is 0 Å². The molecule has 0 aromatic rings. The van der Waals surface area contributed by atoms with E-state index in [1.54, 1.807) is 0 Å². The van der Waals surface area contributed by atoms with Crippen molar-refractivity contribution < 1.29 is 22.3 Å². The van der Waals surface area contributed by atoms with Crippen LogP contribution in [0.1, 0.15) is 6.92 Å². The van der Waals surface area contributed by atoms with Crippen LogP contribution in [0.3, 0.4) is 0 Å². The van der Waals surface area contributed by atoms with Gasteiger partial charge in [-0.2, -0.15) is 8.42 Å². The van der Waals surface area contributed by atoms with Gasteiger partial charge in [0.25, 0.3) is 0 Å². The number of nitrogens with one attached hydrogen (secondary N) is 2. The van der Waals surface area contributed by atoms with E-state index in [2.05, 4.69) is 5.32 Å². The highest BCUT2D eigenvalue weighted by Gasteiger charge is 1.85. The number of guanidine groups is 1. The summed E-state index contributed by atoms with van der Waals surface area (Å²) in [4.78, 5) is 0. The summed E-state index contributed by atoms with van der Waals surface area (Å²) in [6.07, 6.45) is 0. The topological polar surface area (TPSA) is 146 Å². The molecule has 6 N–H and O–H groups in total. The lowest BCUT2D eigenvalue weighted by Crippen LogP contribution is -2.32. The first kappa shape index (κ1) is 15.6. The van der Waals surface area contributed by atoms with Gasteiger partial charge in [0.05, 0.1) is 6.61 Å². The number of rotatable bonds is 4. The van der Waals surface area contributed by atoms with Crippen LogP contribution in [0.4, 0.5) is 0 Å². The Balaban J connectivity index is 0. The molecule has 0 saturated carbocycles. The van der Waals surface area contributed by atoms with Gasteiger partial charge in [-0.15, -0.1) is 0 Å². The van der Waals surface area contributed by atoms with Crippen molar-refractivity contribution in [3.05, 3.63) is 0 Å². The Hall–Kier alpha value is -0.900. The lowest BCUT2D eigenvalue weighted by Gasteiger charge is -2.01. The van der Waals surface area contributed by atoms with Gasteiger partial charge in [-0.25, -0.2) is 0 Å². The fraction of sp³-hybridized carbons (Fsp3) is 0.800. The third kappa shape index (κ3) is 43.5. The lowest BCUT2D eigenvalue weighted by atomic mass is 10.7. The van der Waals surface area contributed by atoms with E-state index < -0.39 is 10.4 Å². The molecule has 0 aliphatic rings. The van der Waals surface area contributed by atoms with Crippen LogP contribution in [-0.4, -0.2) is 43.2 Å². The highest BCUT2D eigenvalue weighted by atomic mass is 32.3. The van der Waals surface area contributed by atoms with Gasteiger partial charge in [-0.1, -0.05) is 0 Å². The van der Waals surface area contributed by atoms with Gasteiger partial charge in [0.1, 0.15) is 0 Å². The smallest absolute Gasteiger partial charge is 0.380 e. The average molecular weight is 229 g/mol. The van der Waals surface area contributed by atoms with E-state index in [4.69, 9.17) is 33.4 Å². The molecule has 0 rings (SSSR count). The highest BCUT2D eigenvalue weighted by molar-refractivity contribution is 7.79. The zero-order valence-electron chi connectivity index (χ0n) is 7.73. The zero-order chi connectivity index (χ0) is 11.6. The SMILES string of the molecule is CCOCCNC(=N)N.O=S(=O)(O)O. The van der Waals surface area contributed by atoms with Crippen molar-refractivity contribution in [2.24, 2.45) is 5.73 Å². The second-order valence-electron chi connectivity index (χ2n) is 1.99. The second kappa shape index (κ2) is 8.69. The molecule has 0 radical (unpaired) electrons. The zero-order valence-corrected chi connectivity index (χ0v) is 8.54. The van der Waals surface area contributed by atoms with E-state index in [1.807, 2.05) is 6.92 Å². The van der Waals surface area contributed by atoms with Crippen LogP contribution in [0.15, 0.2) is 0 Å². The summed E-state index contributed by atoms with van der Waals surface area (Å²) < 4.78 is 36.6. The fourth-order valence-corrected chi connectivity index (χ4v) is 0.402. The Morgan fingerprint density at radius 2 is 2.00 bits per heavy atom. The maximum absolute atomic E-state index is 8.74. The minimum atomic E-state index is -4.67. The largest absolute Gasteiger partial charge is 0.394 e. The van der Waals surface area contributed by atoms with E-state index in [1.165, 1.54) is 0 Å². The van der Waals surface area contributed by atoms with Gasteiger partial charge >= 0.3 is 10.4 Å². The van der Waals surface area contributed by atoms with Crippen LogP contribution in [0, 0.1) is 5.41 Å². The van der Waals surface area contributed by atoms with Crippen molar-refractivity contribution in [3.8, 4) is 0 Å². The first-order valence-electron chi connectivity index (χ1n) is 3.63. The Labute approximate surface area is 82.5 Å². The minimum Gasteiger partial charge on any atom is -0.380 e. The molecule has 86 valence electrons. The predicted octanol–water partition coefficient (Wildman–Crippen LogP) is -1.15. The van der Waals surface area contributed by atoms with Crippen LogP contribution < -0.4 is 11.1 Å². The summed E-state index contributed by atoms with van der Waals surface area (Å²) in [5.74, 6) is -0.00490. The molecule has 0 aliphatic heterocycles. The van der Waals surface area contributed by atoms with E-state index in [0.717, 1.165) is 0 Å². The van der Waals surface area contributed by atoms with E-state index in [0.29, 0.717) is 19.8 Å². The quantitative estimate of drug-likeness (QED) is 0.177. The molecular weight excluding hydrogens is 214 g/mol. The lowest BCUT2D eigenvalue weighted by molar-refractivity contribution is 0.152. The molecule has 9 heteroatoms. The molecule has 8 nitrogen and oxygen atoms in total. The van der Waals surface area contributed by atoms with Gasteiger partial charge in [0, 0.05) is 13.2 Å². The first-order valence-corrected chi connectivity index (χ1v) is 5.02. The number of hydrogen-bond donors (Lipinski definition) is 5.